The monoisotopic (exact) mass is 216 g/mol. The van der Waals surface area contributed by atoms with Gasteiger partial charge >= 0.3 is 0 Å². The Morgan fingerprint density at radius 2 is 2.12 bits per heavy atom. The Kier molecular flexibility index (Phi) is 3.37. The van der Waals surface area contributed by atoms with Gasteiger partial charge in [0.05, 0.1) is 0 Å². The third kappa shape index (κ3) is 2.14. The van der Waals surface area contributed by atoms with Crippen LogP contribution in [0.25, 0.3) is 0 Å². The summed E-state index contributed by atoms with van der Waals surface area (Å²) in [4.78, 5) is 13.9. The Labute approximate surface area is 95.6 Å². The highest BCUT2D eigenvalue weighted by Gasteiger charge is 2.22. The normalized spacial score (nSPS) is 15.6. The van der Waals surface area contributed by atoms with Crippen LogP contribution < -0.4 is 5.73 Å². The van der Waals surface area contributed by atoms with Crippen LogP contribution in [0.3, 0.4) is 0 Å². The van der Waals surface area contributed by atoms with Crippen LogP contribution in [0.15, 0.2) is 36.4 Å². The number of carbonyl (C=O) groups excluding carboxylic acids is 1. The van der Waals surface area contributed by atoms with Crippen molar-refractivity contribution in [2.75, 3.05) is 19.6 Å². The fourth-order valence-corrected chi connectivity index (χ4v) is 1.95. The molecule has 0 bridgehead atoms. The van der Waals surface area contributed by atoms with E-state index in [1.165, 1.54) is 0 Å². The van der Waals surface area contributed by atoms with Crippen LogP contribution in [0, 0.1) is 0 Å². The van der Waals surface area contributed by atoms with Gasteiger partial charge in [-0.15, -0.1) is 0 Å². The minimum atomic E-state index is 0.128. The van der Waals surface area contributed by atoms with Crippen molar-refractivity contribution in [3.63, 3.8) is 0 Å². The molecule has 0 fully saturated rings. The summed E-state index contributed by atoms with van der Waals surface area (Å²) in [7, 11) is 0. The Bertz CT molecular complexity index is 412. The third-order valence-electron chi connectivity index (χ3n) is 2.81. The first-order chi connectivity index (χ1) is 7.83. The molecular formula is C13H16N2O. The Morgan fingerprint density at radius 1 is 1.31 bits per heavy atom. The van der Waals surface area contributed by atoms with Crippen LogP contribution >= 0.6 is 0 Å². The van der Waals surface area contributed by atoms with Gasteiger partial charge in [-0.3, -0.25) is 4.79 Å². The Balaban J connectivity index is 2.12. The standard InChI is InChI=1S/C13H16N2O/c14-8-3-4-9-15-10-7-11-5-1-2-6-12(11)13(15)16/h1-6H,7-10,14H2/b4-3+. The van der Waals surface area contributed by atoms with Crippen molar-refractivity contribution in [1.82, 2.24) is 4.90 Å². The van der Waals surface area contributed by atoms with E-state index in [2.05, 4.69) is 0 Å². The number of amides is 1. The molecule has 16 heavy (non-hydrogen) atoms. The molecule has 0 saturated heterocycles. The fourth-order valence-electron chi connectivity index (χ4n) is 1.95. The molecule has 0 unspecified atom stereocenters. The summed E-state index contributed by atoms with van der Waals surface area (Å²) in [5.74, 6) is 0.128. The van der Waals surface area contributed by atoms with Crippen LogP contribution in [0.2, 0.25) is 0 Å². The number of nitrogens with two attached hydrogens (primary N) is 1. The molecule has 0 spiro atoms. The highest BCUT2D eigenvalue weighted by atomic mass is 16.2. The topological polar surface area (TPSA) is 46.3 Å². The van der Waals surface area contributed by atoms with Gasteiger partial charge in [0.25, 0.3) is 5.91 Å². The van der Waals surface area contributed by atoms with E-state index in [4.69, 9.17) is 5.73 Å². The van der Waals surface area contributed by atoms with Gasteiger partial charge in [-0.05, 0) is 18.1 Å². The second-order valence-electron chi connectivity index (χ2n) is 3.87. The van der Waals surface area contributed by atoms with Gasteiger partial charge in [0, 0.05) is 25.2 Å². The molecule has 84 valence electrons. The molecule has 0 radical (unpaired) electrons. The molecule has 0 aliphatic carbocycles. The summed E-state index contributed by atoms with van der Waals surface area (Å²) in [5, 5.41) is 0. The van der Waals surface area contributed by atoms with E-state index in [0.717, 1.165) is 24.1 Å². The predicted molar refractivity (Wildman–Crippen MR) is 64.2 cm³/mol. The lowest BCUT2D eigenvalue weighted by atomic mass is 9.99. The van der Waals surface area contributed by atoms with Crippen LogP contribution in [-0.2, 0) is 6.42 Å². The first-order valence-electron chi connectivity index (χ1n) is 5.55. The first-order valence-corrected chi connectivity index (χ1v) is 5.55. The summed E-state index contributed by atoms with van der Waals surface area (Å²) >= 11 is 0. The Morgan fingerprint density at radius 3 is 2.94 bits per heavy atom. The number of carbonyl (C=O) groups is 1. The summed E-state index contributed by atoms with van der Waals surface area (Å²) in [6.07, 6.45) is 4.78. The maximum Gasteiger partial charge on any atom is 0.254 e. The summed E-state index contributed by atoms with van der Waals surface area (Å²) in [5.41, 5.74) is 7.37. The van der Waals surface area contributed by atoms with E-state index in [-0.39, 0.29) is 5.91 Å². The van der Waals surface area contributed by atoms with Crippen molar-refractivity contribution in [1.29, 1.82) is 0 Å². The van der Waals surface area contributed by atoms with E-state index in [9.17, 15) is 4.79 Å². The van der Waals surface area contributed by atoms with Gasteiger partial charge in [0.15, 0.2) is 0 Å². The molecule has 1 aromatic carbocycles. The van der Waals surface area contributed by atoms with Crippen LogP contribution in [-0.4, -0.2) is 30.4 Å². The lowest BCUT2D eigenvalue weighted by molar-refractivity contribution is 0.0759. The molecule has 2 rings (SSSR count). The van der Waals surface area contributed by atoms with Gasteiger partial charge in [-0.1, -0.05) is 30.4 Å². The van der Waals surface area contributed by atoms with E-state index < -0.39 is 0 Å². The number of fused-ring (bicyclic) bond motifs is 1. The third-order valence-corrected chi connectivity index (χ3v) is 2.81. The second-order valence-corrected chi connectivity index (χ2v) is 3.87. The van der Waals surface area contributed by atoms with Crippen molar-refractivity contribution in [2.24, 2.45) is 5.73 Å². The van der Waals surface area contributed by atoms with Crippen molar-refractivity contribution in [3.05, 3.63) is 47.5 Å². The predicted octanol–water partition coefficient (Wildman–Crippen LogP) is 1.20. The molecule has 1 aliphatic rings. The largest absolute Gasteiger partial charge is 0.335 e. The summed E-state index contributed by atoms with van der Waals surface area (Å²) < 4.78 is 0. The van der Waals surface area contributed by atoms with Crippen LogP contribution in [0.5, 0.6) is 0 Å². The molecule has 3 nitrogen and oxygen atoms in total. The lowest BCUT2D eigenvalue weighted by Crippen LogP contribution is -2.37. The smallest absolute Gasteiger partial charge is 0.254 e. The lowest BCUT2D eigenvalue weighted by Gasteiger charge is -2.27. The highest BCUT2D eigenvalue weighted by Crippen LogP contribution is 2.18. The summed E-state index contributed by atoms with van der Waals surface area (Å²) in [6, 6.07) is 7.82. The number of hydrogen-bond donors (Lipinski definition) is 1. The number of benzene rings is 1. The van der Waals surface area contributed by atoms with Crippen molar-refractivity contribution in [3.8, 4) is 0 Å². The maximum atomic E-state index is 12.1. The van der Waals surface area contributed by atoms with Crippen molar-refractivity contribution >= 4 is 5.91 Å². The van der Waals surface area contributed by atoms with Gasteiger partial charge in [-0.25, -0.2) is 0 Å². The molecule has 2 N–H and O–H groups in total. The highest BCUT2D eigenvalue weighted by molar-refractivity contribution is 5.96. The molecular weight excluding hydrogens is 200 g/mol. The zero-order valence-electron chi connectivity index (χ0n) is 9.23. The minimum absolute atomic E-state index is 0.128. The molecule has 1 amide bonds. The summed E-state index contributed by atoms with van der Waals surface area (Å²) in [6.45, 7) is 1.98. The number of nitrogens with zero attached hydrogens (tertiary/aromatic N) is 1. The van der Waals surface area contributed by atoms with Gasteiger partial charge in [0.2, 0.25) is 0 Å². The first kappa shape index (κ1) is 10.9. The molecule has 0 saturated carbocycles. The maximum absolute atomic E-state index is 12.1. The van der Waals surface area contributed by atoms with Crippen LogP contribution in [0.1, 0.15) is 15.9 Å². The molecule has 1 heterocycles. The molecule has 1 aliphatic heterocycles. The quantitative estimate of drug-likeness (QED) is 0.772. The average Bonchev–Trinajstić information content (AvgIpc) is 2.33. The Hall–Kier alpha value is -1.61. The van der Waals surface area contributed by atoms with Crippen LogP contribution in [0.4, 0.5) is 0 Å². The van der Waals surface area contributed by atoms with E-state index >= 15 is 0 Å². The number of rotatable bonds is 3. The van der Waals surface area contributed by atoms with E-state index in [1.54, 1.807) is 0 Å². The van der Waals surface area contributed by atoms with Gasteiger partial charge < -0.3 is 10.6 Å². The van der Waals surface area contributed by atoms with E-state index in [0.29, 0.717) is 13.1 Å². The van der Waals surface area contributed by atoms with E-state index in [1.807, 2.05) is 41.3 Å². The number of hydrogen-bond acceptors (Lipinski definition) is 2. The fraction of sp³-hybridized carbons (Fsp3) is 0.308. The minimum Gasteiger partial charge on any atom is -0.335 e. The molecule has 3 heteroatoms. The second kappa shape index (κ2) is 4.94. The van der Waals surface area contributed by atoms with Gasteiger partial charge in [0.1, 0.15) is 0 Å². The van der Waals surface area contributed by atoms with Crippen molar-refractivity contribution < 1.29 is 4.79 Å². The average molecular weight is 216 g/mol. The zero-order chi connectivity index (χ0) is 11.4. The van der Waals surface area contributed by atoms with Crippen molar-refractivity contribution in [2.45, 2.75) is 6.42 Å². The van der Waals surface area contributed by atoms with Gasteiger partial charge in [-0.2, -0.15) is 0 Å². The molecule has 1 aromatic rings. The molecule has 0 atom stereocenters. The molecule has 0 aromatic heterocycles. The zero-order valence-corrected chi connectivity index (χ0v) is 9.23. The SMILES string of the molecule is NC/C=C/CN1CCc2ccccc2C1=O.